The Hall–Kier alpha value is -1.43. The standard InChI is InChI=1S/C7H10N2O3S/c1-9-5-2-3-6(8)7(4-5)12-13(10)11/h2-4,9,13H,8H2,1H3. The molecule has 1 aromatic carbocycles. The van der Waals surface area contributed by atoms with Gasteiger partial charge < -0.3 is 15.2 Å². The van der Waals surface area contributed by atoms with Crippen molar-refractivity contribution in [3.05, 3.63) is 18.2 Å². The van der Waals surface area contributed by atoms with Gasteiger partial charge in [-0.25, -0.2) is 0 Å². The highest BCUT2D eigenvalue weighted by molar-refractivity contribution is 7.67. The van der Waals surface area contributed by atoms with Crippen LogP contribution in [-0.4, -0.2) is 15.5 Å². The predicted molar refractivity (Wildman–Crippen MR) is 51.3 cm³/mol. The van der Waals surface area contributed by atoms with Gasteiger partial charge in [0.15, 0.2) is 5.75 Å². The Bertz CT molecular complexity index is 368. The van der Waals surface area contributed by atoms with Gasteiger partial charge in [0.2, 0.25) is 0 Å². The minimum Gasteiger partial charge on any atom is -0.396 e. The molecule has 0 bridgehead atoms. The Balaban J connectivity index is 3.03. The van der Waals surface area contributed by atoms with Gasteiger partial charge in [-0.05, 0) is 12.1 Å². The van der Waals surface area contributed by atoms with Crippen LogP contribution in [0.3, 0.4) is 0 Å². The maximum atomic E-state index is 10.3. The summed E-state index contributed by atoms with van der Waals surface area (Å²) in [7, 11) is -1.20. The number of thiol groups is 1. The molecular weight excluding hydrogens is 192 g/mol. The van der Waals surface area contributed by atoms with E-state index in [-0.39, 0.29) is 5.75 Å². The molecule has 0 aliphatic carbocycles. The van der Waals surface area contributed by atoms with E-state index in [1.807, 2.05) is 0 Å². The van der Waals surface area contributed by atoms with Crippen LogP contribution in [0, 0.1) is 0 Å². The van der Waals surface area contributed by atoms with Gasteiger partial charge in [0.1, 0.15) is 0 Å². The maximum absolute atomic E-state index is 10.3. The number of benzene rings is 1. The summed E-state index contributed by atoms with van der Waals surface area (Å²) in [5.41, 5.74) is 6.50. The highest BCUT2D eigenvalue weighted by Gasteiger charge is 2.01. The molecule has 0 atom stereocenters. The van der Waals surface area contributed by atoms with Gasteiger partial charge >= 0.3 is 0 Å². The average Bonchev–Trinajstić information content (AvgIpc) is 2.08. The topological polar surface area (TPSA) is 81.4 Å². The van der Waals surface area contributed by atoms with Crippen LogP contribution in [0.15, 0.2) is 18.2 Å². The van der Waals surface area contributed by atoms with Crippen LogP contribution in [0.4, 0.5) is 11.4 Å². The summed E-state index contributed by atoms with van der Waals surface area (Å²) in [5.74, 6) is 0.142. The molecule has 13 heavy (non-hydrogen) atoms. The Morgan fingerprint density at radius 2 is 2.15 bits per heavy atom. The summed E-state index contributed by atoms with van der Waals surface area (Å²) in [6, 6.07) is 4.81. The van der Waals surface area contributed by atoms with Gasteiger partial charge in [-0.3, -0.25) is 0 Å². The first-order chi connectivity index (χ1) is 6.13. The number of nitrogen functional groups attached to an aromatic ring is 1. The van der Waals surface area contributed by atoms with Crippen LogP contribution in [-0.2, 0) is 11.0 Å². The van der Waals surface area contributed by atoms with E-state index < -0.39 is 11.0 Å². The summed E-state index contributed by atoms with van der Waals surface area (Å²) in [4.78, 5) is 0. The van der Waals surface area contributed by atoms with Gasteiger partial charge in [0.05, 0.1) is 5.69 Å². The van der Waals surface area contributed by atoms with Crippen molar-refractivity contribution in [1.29, 1.82) is 0 Å². The molecule has 72 valence electrons. The Kier molecular flexibility index (Phi) is 2.97. The lowest BCUT2D eigenvalue weighted by atomic mass is 10.2. The molecule has 0 aliphatic rings. The van der Waals surface area contributed by atoms with Gasteiger partial charge in [-0.2, -0.15) is 8.42 Å². The van der Waals surface area contributed by atoms with E-state index in [0.717, 1.165) is 5.69 Å². The third kappa shape index (κ3) is 2.51. The maximum Gasteiger partial charge on any atom is 0.299 e. The van der Waals surface area contributed by atoms with E-state index in [4.69, 9.17) is 5.73 Å². The van der Waals surface area contributed by atoms with E-state index in [1.165, 1.54) is 6.07 Å². The Morgan fingerprint density at radius 1 is 1.46 bits per heavy atom. The third-order valence-corrected chi connectivity index (χ3v) is 1.82. The molecule has 1 aromatic rings. The van der Waals surface area contributed by atoms with Crippen LogP contribution in [0.2, 0.25) is 0 Å². The van der Waals surface area contributed by atoms with Crippen molar-refractivity contribution in [2.24, 2.45) is 0 Å². The highest BCUT2D eigenvalue weighted by atomic mass is 32.2. The minimum atomic E-state index is -2.92. The summed E-state index contributed by atoms with van der Waals surface area (Å²) in [5, 5.41) is 2.84. The molecule has 0 fully saturated rings. The highest BCUT2D eigenvalue weighted by Crippen LogP contribution is 2.25. The first-order valence-electron chi connectivity index (χ1n) is 3.53. The second kappa shape index (κ2) is 3.99. The van der Waals surface area contributed by atoms with Gasteiger partial charge in [-0.1, -0.05) is 0 Å². The SMILES string of the molecule is CNc1ccc(N)c(O[SH](=O)=O)c1. The second-order valence-electron chi connectivity index (χ2n) is 2.32. The molecule has 0 amide bonds. The van der Waals surface area contributed by atoms with Gasteiger partial charge in [0.25, 0.3) is 11.0 Å². The van der Waals surface area contributed by atoms with Crippen molar-refractivity contribution in [3.8, 4) is 5.75 Å². The number of rotatable bonds is 3. The van der Waals surface area contributed by atoms with E-state index in [0.29, 0.717) is 5.69 Å². The summed E-state index contributed by atoms with van der Waals surface area (Å²) >= 11 is 0. The zero-order valence-corrected chi connectivity index (χ0v) is 7.88. The summed E-state index contributed by atoms with van der Waals surface area (Å²) in [6.07, 6.45) is 0. The molecule has 0 spiro atoms. The van der Waals surface area contributed by atoms with Crippen LogP contribution in [0.5, 0.6) is 5.75 Å². The van der Waals surface area contributed by atoms with Crippen molar-refractivity contribution in [2.45, 2.75) is 0 Å². The van der Waals surface area contributed by atoms with Crippen molar-refractivity contribution in [2.75, 3.05) is 18.1 Å². The number of hydrogen-bond acceptors (Lipinski definition) is 5. The number of hydrogen-bond donors (Lipinski definition) is 3. The molecule has 0 saturated carbocycles. The van der Waals surface area contributed by atoms with E-state index in [9.17, 15) is 8.42 Å². The molecule has 0 aliphatic heterocycles. The van der Waals surface area contributed by atoms with Crippen molar-refractivity contribution in [1.82, 2.24) is 0 Å². The number of nitrogens with two attached hydrogens (primary N) is 1. The number of nitrogens with one attached hydrogen (secondary N) is 1. The Morgan fingerprint density at radius 3 is 2.69 bits per heavy atom. The molecule has 0 radical (unpaired) electrons. The lowest BCUT2D eigenvalue weighted by Crippen LogP contribution is -1.97. The van der Waals surface area contributed by atoms with E-state index in [1.54, 1.807) is 19.2 Å². The Labute approximate surface area is 77.7 Å². The zero-order chi connectivity index (χ0) is 9.84. The monoisotopic (exact) mass is 202 g/mol. The molecule has 0 saturated heterocycles. The van der Waals surface area contributed by atoms with Crippen LogP contribution in [0.25, 0.3) is 0 Å². The predicted octanol–water partition coefficient (Wildman–Crippen LogP) is 0.216. The first-order valence-corrected chi connectivity index (χ1v) is 4.62. The average molecular weight is 202 g/mol. The fourth-order valence-corrected chi connectivity index (χ4v) is 1.17. The zero-order valence-electron chi connectivity index (χ0n) is 6.98. The quantitative estimate of drug-likeness (QED) is 0.482. The van der Waals surface area contributed by atoms with Crippen LogP contribution in [0.1, 0.15) is 0 Å². The summed E-state index contributed by atoms with van der Waals surface area (Å²) in [6.45, 7) is 0. The van der Waals surface area contributed by atoms with Gasteiger partial charge in [0, 0.05) is 18.8 Å². The van der Waals surface area contributed by atoms with E-state index >= 15 is 0 Å². The second-order valence-corrected chi connectivity index (χ2v) is 2.95. The molecular formula is C7H10N2O3S. The van der Waals surface area contributed by atoms with Gasteiger partial charge in [-0.15, -0.1) is 0 Å². The number of anilines is 2. The van der Waals surface area contributed by atoms with Crippen molar-refractivity contribution in [3.63, 3.8) is 0 Å². The van der Waals surface area contributed by atoms with Crippen LogP contribution >= 0.6 is 0 Å². The van der Waals surface area contributed by atoms with Crippen molar-refractivity contribution < 1.29 is 12.6 Å². The molecule has 1 rings (SSSR count). The molecule has 3 N–H and O–H groups in total. The molecule has 6 heteroatoms. The molecule has 0 unspecified atom stereocenters. The normalized spacial score (nSPS) is 10.0. The van der Waals surface area contributed by atoms with E-state index in [2.05, 4.69) is 9.50 Å². The lowest BCUT2D eigenvalue weighted by Gasteiger charge is -2.05. The van der Waals surface area contributed by atoms with Crippen molar-refractivity contribution >= 4 is 22.4 Å². The molecule has 5 nitrogen and oxygen atoms in total. The van der Waals surface area contributed by atoms with Crippen LogP contribution < -0.4 is 15.2 Å². The molecule has 0 heterocycles. The smallest absolute Gasteiger partial charge is 0.299 e. The fraction of sp³-hybridized carbons (Fsp3) is 0.143. The third-order valence-electron chi connectivity index (χ3n) is 1.48. The lowest BCUT2D eigenvalue weighted by molar-refractivity contribution is 0.512. The fourth-order valence-electron chi connectivity index (χ4n) is 0.849. The largest absolute Gasteiger partial charge is 0.396 e. The minimum absolute atomic E-state index is 0.142. The first kappa shape index (κ1) is 9.66. The molecule has 0 aromatic heterocycles. The summed E-state index contributed by atoms with van der Waals surface area (Å²) < 4.78 is 25.0.